The molecule has 36 heavy (non-hydrogen) atoms. The van der Waals surface area contributed by atoms with Crippen LogP contribution in [0.5, 0.6) is 11.5 Å². The van der Waals surface area contributed by atoms with Gasteiger partial charge in [-0.05, 0) is 59.7 Å². The molecule has 6 nitrogen and oxygen atoms in total. The number of amides is 1. The Bertz CT molecular complexity index is 1460. The van der Waals surface area contributed by atoms with Gasteiger partial charge in [-0.15, -0.1) is 0 Å². The summed E-state index contributed by atoms with van der Waals surface area (Å²) in [7, 11) is -4.11. The number of nitrogens with two attached hydrogens (primary N) is 1. The van der Waals surface area contributed by atoms with Gasteiger partial charge in [0.05, 0.1) is 4.90 Å². The zero-order valence-electron chi connectivity index (χ0n) is 18.8. The summed E-state index contributed by atoms with van der Waals surface area (Å²) in [6.45, 7) is 0. The van der Waals surface area contributed by atoms with Crippen molar-refractivity contribution in [2.45, 2.75) is 16.3 Å². The molecule has 0 radical (unpaired) electrons. The molecule has 4 rings (SSSR count). The SMILES string of the molecule is NC(=O)C(N[C@@H](c1cccc(Oc2ccccc2F)c1)S(=O)(=O)c1ccc(Cl)cc1)c1ccccc1. The molecule has 0 spiro atoms. The van der Waals surface area contributed by atoms with Gasteiger partial charge in [0.1, 0.15) is 17.2 Å². The monoisotopic (exact) mass is 524 g/mol. The molecule has 0 saturated heterocycles. The van der Waals surface area contributed by atoms with Crippen LogP contribution in [0.3, 0.4) is 0 Å². The minimum absolute atomic E-state index is 0.0129. The lowest BCUT2D eigenvalue weighted by molar-refractivity contribution is -0.120. The Morgan fingerprint density at radius 3 is 2.17 bits per heavy atom. The van der Waals surface area contributed by atoms with Crippen LogP contribution in [0.1, 0.15) is 22.5 Å². The topological polar surface area (TPSA) is 98.5 Å². The molecule has 184 valence electrons. The van der Waals surface area contributed by atoms with Crippen molar-refractivity contribution in [2.75, 3.05) is 0 Å². The van der Waals surface area contributed by atoms with Crippen molar-refractivity contribution in [2.24, 2.45) is 5.73 Å². The van der Waals surface area contributed by atoms with Crippen LogP contribution in [0.15, 0.2) is 108 Å². The summed E-state index contributed by atoms with van der Waals surface area (Å²) in [5, 5.41) is 1.89. The highest BCUT2D eigenvalue weighted by atomic mass is 35.5. The van der Waals surface area contributed by atoms with Crippen LogP contribution in [-0.2, 0) is 14.6 Å². The summed E-state index contributed by atoms with van der Waals surface area (Å²) in [5.74, 6) is -1.12. The van der Waals surface area contributed by atoms with Crippen LogP contribution in [0.25, 0.3) is 0 Å². The van der Waals surface area contributed by atoms with E-state index in [1.165, 1.54) is 48.5 Å². The fraction of sp³-hybridized carbons (Fsp3) is 0.0741. The summed E-state index contributed by atoms with van der Waals surface area (Å²) in [4.78, 5) is 12.4. The molecule has 0 aliphatic rings. The average Bonchev–Trinajstić information content (AvgIpc) is 2.86. The highest BCUT2D eigenvalue weighted by molar-refractivity contribution is 7.91. The van der Waals surface area contributed by atoms with E-state index in [0.717, 1.165) is 0 Å². The molecule has 0 saturated carbocycles. The number of ether oxygens (including phenoxy) is 1. The molecule has 0 aliphatic heterocycles. The zero-order chi connectivity index (χ0) is 25.7. The average molecular weight is 525 g/mol. The first-order valence-corrected chi connectivity index (χ1v) is 12.8. The zero-order valence-corrected chi connectivity index (χ0v) is 20.4. The third kappa shape index (κ3) is 5.73. The van der Waals surface area contributed by atoms with Crippen molar-refractivity contribution >= 4 is 27.3 Å². The smallest absolute Gasteiger partial charge is 0.239 e. The van der Waals surface area contributed by atoms with Gasteiger partial charge < -0.3 is 10.5 Å². The third-order valence-electron chi connectivity index (χ3n) is 5.41. The van der Waals surface area contributed by atoms with Gasteiger partial charge in [-0.25, -0.2) is 12.8 Å². The van der Waals surface area contributed by atoms with Gasteiger partial charge in [-0.2, -0.15) is 0 Å². The number of benzene rings is 4. The number of carbonyl (C=O) groups is 1. The molecular formula is C27H22ClFN2O4S. The van der Waals surface area contributed by atoms with Gasteiger partial charge in [0.2, 0.25) is 5.91 Å². The predicted octanol–water partition coefficient (Wildman–Crippen LogP) is 5.56. The predicted molar refractivity (Wildman–Crippen MR) is 136 cm³/mol. The van der Waals surface area contributed by atoms with E-state index in [-0.39, 0.29) is 22.0 Å². The van der Waals surface area contributed by atoms with E-state index >= 15 is 0 Å². The van der Waals surface area contributed by atoms with Gasteiger partial charge in [0, 0.05) is 5.02 Å². The highest BCUT2D eigenvalue weighted by Crippen LogP contribution is 2.33. The molecule has 9 heteroatoms. The maximum Gasteiger partial charge on any atom is 0.239 e. The lowest BCUT2D eigenvalue weighted by Gasteiger charge is -2.25. The van der Waals surface area contributed by atoms with Gasteiger partial charge in [0.25, 0.3) is 0 Å². The number of para-hydroxylation sites is 1. The van der Waals surface area contributed by atoms with E-state index in [1.54, 1.807) is 54.6 Å². The standard InChI is InChI=1S/C27H22ClFN2O4S/c28-20-13-15-22(16-14-20)36(33,34)27(31-25(26(30)32)18-7-2-1-3-8-18)19-9-6-10-21(17-19)35-24-12-5-4-11-23(24)29/h1-17,25,27,31H,(H2,30,32)/t25?,27-/m1/s1. The molecule has 0 aliphatic carbocycles. The van der Waals surface area contributed by atoms with Crippen LogP contribution in [-0.4, -0.2) is 14.3 Å². The van der Waals surface area contributed by atoms with Crippen LogP contribution in [0, 0.1) is 5.82 Å². The minimum atomic E-state index is -4.11. The number of rotatable bonds is 9. The fourth-order valence-corrected chi connectivity index (χ4v) is 5.39. The second-order valence-electron chi connectivity index (χ2n) is 7.90. The van der Waals surface area contributed by atoms with Crippen molar-refractivity contribution in [1.82, 2.24) is 5.32 Å². The van der Waals surface area contributed by atoms with Crippen molar-refractivity contribution < 1.29 is 22.3 Å². The van der Waals surface area contributed by atoms with Gasteiger partial charge in [-0.3, -0.25) is 10.1 Å². The lowest BCUT2D eigenvalue weighted by atomic mass is 10.1. The number of hydrogen-bond donors (Lipinski definition) is 2. The molecular weight excluding hydrogens is 503 g/mol. The fourth-order valence-electron chi connectivity index (χ4n) is 3.66. The first-order valence-electron chi connectivity index (χ1n) is 10.9. The summed E-state index contributed by atoms with van der Waals surface area (Å²) in [6.07, 6.45) is 0. The molecule has 0 aromatic heterocycles. The Labute approximate surface area is 213 Å². The Morgan fingerprint density at radius 1 is 0.861 bits per heavy atom. The third-order valence-corrected chi connectivity index (χ3v) is 7.62. The molecule has 0 bridgehead atoms. The Balaban J connectivity index is 1.79. The number of primary amides is 1. The molecule has 4 aromatic carbocycles. The van der Waals surface area contributed by atoms with Crippen LogP contribution < -0.4 is 15.8 Å². The van der Waals surface area contributed by atoms with E-state index < -0.39 is 33.0 Å². The van der Waals surface area contributed by atoms with E-state index in [9.17, 15) is 17.6 Å². The van der Waals surface area contributed by atoms with Crippen LogP contribution in [0.4, 0.5) is 4.39 Å². The summed E-state index contributed by atoms with van der Waals surface area (Å²) >= 11 is 5.96. The Hall–Kier alpha value is -3.72. The molecule has 2 atom stereocenters. The second kappa shape index (κ2) is 10.9. The summed E-state index contributed by atoms with van der Waals surface area (Å²) in [6, 6.07) is 25.2. The van der Waals surface area contributed by atoms with E-state index in [1.807, 2.05) is 0 Å². The van der Waals surface area contributed by atoms with Crippen LogP contribution >= 0.6 is 11.6 Å². The van der Waals surface area contributed by atoms with Crippen molar-refractivity contribution in [3.63, 3.8) is 0 Å². The van der Waals surface area contributed by atoms with Crippen LogP contribution in [0.2, 0.25) is 5.02 Å². The Morgan fingerprint density at radius 2 is 1.50 bits per heavy atom. The number of carbonyl (C=O) groups excluding carboxylic acids is 1. The normalized spacial score (nSPS) is 13.1. The molecule has 4 aromatic rings. The first-order chi connectivity index (χ1) is 17.3. The quantitative estimate of drug-likeness (QED) is 0.299. The number of hydrogen-bond acceptors (Lipinski definition) is 5. The molecule has 0 fully saturated rings. The highest BCUT2D eigenvalue weighted by Gasteiger charge is 2.33. The molecule has 1 unspecified atom stereocenters. The van der Waals surface area contributed by atoms with Crippen molar-refractivity contribution in [1.29, 1.82) is 0 Å². The molecule has 0 heterocycles. The number of nitrogens with one attached hydrogen (secondary N) is 1. The van der Waals surface area contributed by atoms with E-state index in [4.69, 9.17) is 22.1 Å². The van der Waals surface area contributed by atoms with Gasteiger partial charge >= 0.3 is 0 Å². The summed E-state index contributed by atoms with van der Waals surface area (Å²) < 4.78 is 47.4. The number of halogens is 2. The van der Waals surface area contributed by atoms with Crippen molar-refractivity contribution in [3.8, 4) is 11.5 Å². The maximum atomic E-state index is 14.1. The van der Waals surface area contributed by atoms with Gasteiger partial charge in [0.15, 0.2) is 21.4 Å². The molecule has 3 N–H and O–H groups in total. The van der Waals surface area contributed by atoms with Crippen molar-refractivity contribution in [3.05, 3.63) is 125 Å². The molecule has 1 amide bonds. The van der Waals surface area contributed by atoms with E-state index in [2.05, 4.69) is 5.32 Å². The summed E-state index contributed by atoms with van der Waals surface area (Å²) in [5.41, 5.74) is 6.43. The van der Waals surface area contributed by atoms with Gasteiger partial charge in [-0.1, -0.05) is 66.2 Å². The largest absolute Gasteiger partial charge is 0.454 e. The number of sulfone groups is 1. The minimum Gasteiger partial charge on any atom is -0.454 e. The van der Waals surface area contributed by atoms with E-state index in [0.29, 0.717) is 10.6 Å². The Kier molecular flexibility index (Phi) is 7.69. The lowest BCUT2D eigenvalue weighted by Crippen LogP contribution is -2.39. The first kappa shape index (κ1) is 25.4. The maximum absolute atomic E-state index is 14.1. The second-order valence-corrected chi connectivity index (χ2v) is 10.4.